The lowest BCUT2D eigenvalue weighted by atomic mass is 10.0. The number of hydrogen-bond acceptors (Lipinski definition) is 3. The molecule has 1 fully saturated rings. The zero-order valence-corrected chi connectivity index (χ0v) is 15.8. The normalized spacial score (nSPS) is 15.1. The van der Waals surface area contributed by atoms with Gasteiger partial charge in [0.1, 0.15) is 5.75 Å². The van der Waals surface area contributed by atoms with Gasteiger partial charge in [0.05, 0.1) is 12.7 Å². The Kier molecular flexibility index (Phi) is 6.10. The Morgan fingerprint density at radius 3 is 2.03 bits per heavy atom. The number of hydrogen-bond donors (Lipinski definition) is 1. The van der Waals surface area contributed by atoms with Crippen LogP contribution in [0.2, 0.25) is 0 Å². The summed E-state index contributed by atoms with van der Waals surface area (Å²) >= 11 is 0. The SMILES string of the molecule is COc1ccc(C(=O)NC2CCN(C(=O)c3ccc(C(F)(F)F)cc3)CC2)cc1. The van der Waals surface area contributed by atoms with Gasteiger partial charge in [-0.15, -0.1) is 0 Å². The molecule has 1 aliphatic heterocycles. The molecule has 0 radical (unpaired) electrons. The molecule has 1 aliphatic rings. The Morgan fingerprint density at radius 1 is 0.966 bits per heavy atom. The van der Waals surface area contributed by atoms with Crippen LogP contribution in [0.1, 0.15) is 39.1 Å². The second-order valence-electron chi connectivity index (χ2n) is 6.84. The molecule has 8 heteroatoms. The van der Waals surface area contributed by atoms with Crippen LogP contribution in [0.4, 0.5) is 13.2 Å². The molecule has 154 valence electrons. The summed E-state index contributed by atoms with van der Waals surface area (Å²) in [5.74, 6) is 0.162. The van der Waals surface area contributed by atoms with Crippen molar-refractivity contribution >= 4 is 11.8 Å². The third-order valence-corrected chi connectivity index (χ3v) is 4.93. The van der Waals surface area contributed by atoms with Crippen molar-refractivity contribution in [3.63, 3.8) is 0 Å². The van der Waals surface area contributed by atoms with Crippen molar-refractivity contribution in [2.24, 2.45) is 0 Å². The van der Waals surface area contributed by atoms with E-state index in [9.17, 15) is 22.8 Å². The summed E-state index contributed by atoms with van der Waals surface area (Å²) in [5, 5.41) is 2.95. The fraction of sp³-hybridized carbons (Fsp3) is 0.333. The first-order valence-corrected chi connectivity index (χ1v) is 9.19. The van der Waals surface area contributed by atoms with Crippen LogP contribution in [-0.2, 0) is 6.18 Å². The molecular formula is C21H21F3N2O3. The third-order valence-electron chi connectivity index (χ3n) is 4.93. The van der Waals surface area contributed by atoms with E-state index >= 15 is 0 Å². The predicted octanol–water partition coefficient (Wildman–Crippen LogP) is 3.75. The highest BCUT2D eigenvalue weighted by Crippen LogP contribution is 2.29. The number of halogens is 3. The van der Waals surface area contributed by atoms with Crippen LogP contribution >= 0.6 is 0 Å². The first kappa shape index (κ1) is 20.7. The molecule has 2 amide bonds. The summed E-state index contributed by atoms with van der Waals surface area (Å²) in [6.07, 6.45) is -3.27. The Morgan fingerprint density at radius 2 is 1.52 bits per heavy atom. The van der Waals surface area contributed by atoms with Crippen LogP contribution < -0.4 is 10.1 Å². The highest BCUT2D eigenvalue weighted by molar-refractivity contribution is 5.95. The van der Waals surface area contributed by atoms with Crippen LogP contribution in [0.15, 0.2) is 48.5 Å². The first-order valence-electron chi connectivity index (χ1n) is 9.19. The molecule has 0 spiro atoms. The average Bonchev–Trinajstić information content (AvgIpc) is 2.73. The van der Waals surface area contributed by atoms with Gasteiger partial charge >= 0.3 is 6.18 Å². The van der Waals surface area contributed by atoms with E-state index in [1.54, 1.807) is 36.3 Å². The number of methoxy groups -OCH3 is 1. The quantitative estimate of drug-likeness (QED) is 0.842. The Labute approximate surface area is 166 Å². The third kappa shape index (κ3) is 5.07. The van der Waals surface area contributed by atoms with E-state index in [1.165, 1.54) is 12.1 Å². The Balaban J connectivity index is 1.53. The number of benzene rings is 2. The Bertz CT molecular complexity index is 856. The maximum atomic E-state index is 12.6. The summed E-state index contributed by atoms with van der Waals surface area (Å²) in [6.45, 7) is 0.848. The molecule has 2 aromatic carbocycles. The van der Waals surface area contributed by atoms with Crippen LogP contribution in [0.3, 0.4) is 0 Å². The molecule has 1 N–H and O–H groups in total. The number of alkyl halides is 3. The van der Waals surface area contributed by atoms with Gasteiger partial charge in [0.25, 0.3) is 11.8 Å². The number of piperidine rings is 1. The van der Waals surface area contributed by atoms with Gasteiger partial charge in [0, 0.05) is 30.3 Å². The molecule has 3 rings (SSSR count). The molecule has 0 atom stereocenters. The van der Waals surface area contributed by atoms with Crippen molar-refractivity contribution in [3.8, 4) is 5.75 Å². The van der Waals surface area contributed by atoms with Gasteiger partial charge in [0.2, 0.25) is 0 Å². The van der Waals surface area contributed by atoms with E-state index in [0.717, 1.165) is 12.1 Å². The second-order valence-corrected chi connectivity index (χ2v) is 6.84. The lowest BCUT2D eigenvalue weighted by molar-refractivity contribution is -0.137. The summed E-state index contributed by atoms with van der Waals surface area (Å²) in [5.41, 5.74) is -0.0400. The summed E-state index contributed by atoms with van der Waals surface area (Å²) in [4.78, 5) is 26.5. The zero-order chi connectivity index (χ0) is 21.0. The highest BCUT2D eigenvalue weighted by atomic mass is 19.4. The molecule has 0 saturated carbocycles. The first-order chi connectivity index (χ1) is 13.8. The summed E-state index contributed by atoms with van der Waals surface area (Å²) in [7, 11) is 1.55. The van der Waals surface area contributed by atoms with E-state index in [-0.39, 0.29) is 23.4 Å². The minimum atomic E-state index is -4.43. The van der Waals surface area contributed by atoms with Crippen molar-refractivity contribution in [2.45, 2.75) is 25.1 Å². The topological polar surface area (TPSA) is 58.6 Å². The zero-order valence-electron chi connectivity index (χ0n) is 15.8. The minimum Gasteiger partial charge on any atom is -0.497 e. The van der Waals surface area contributed by atoms with E-state index < -0.39 is 11.7 Å². The fourth-order valence-corrected chi connectivity index (χ4v) is 3.22. The van der Waals surface area contributed by atoms with Crippen LogP contribution in [0, 0.1) is 0 Å². The molecule has 0 aromatic heterocycles. The van der Waals surface area contributed by atoms with Gasteiger partial charge in [-0.3, -0.25) is 9.59 Å². The van der Waals surface area contributed by atoms with Gasteiger partial charge < -0.3 is 15.0 Å². The van der Waals surface area contributed by atoms with Crippen molar-refractivity contribution in [1.29, 1.82) is 0 Å². The van der Waals surface area contributed by atoms with Crippen molar-refractivity contribution in [2.75, 3.05) is 20.2 Å². The maximum Gasteiger partial charge on any atom is 0.416 e. The van der Waals surface area contributed by atoms with Crippen molar-refractivity contribution in [3.05, 3.63) is 65.2 Å². The van der Waals surface area contributed by atoms with Crippen molar-refractivity contribution < 1.29 is 27.5 Å². The van der Waals surface area contributed by atoms with Crippen LogP contribution in [-0.4, -0.2) is 43.0 Å². The number of rotatable bonds is 4. The van der Waals surface area contributed by atoms with E-state index in [2.05, 4.69) is 5.32 Å². The van der Waals surface area contributed by atoms with Gasteiger partial charge in [-0.1, -0.05) is 0 Å². The number of nitrogens with one attached hydrogen (secondary N) is 1. The number of amides is 2. The Hall–Kier alpha value is -3.03. The standard InChI is InChI=1S/C21H21F3N2O3/c1-29-18-8-4-14(5-9-18)19(27)25-17-10-12-26(13-11-17)20(28)15-2-6-16(7-3-15)21(22,23)24/h2-9,17H,10-13H2,1H3,(H,25,27). The molecule has 29 heavy (non-hydrogen) atoms. The van der Waals surface area contributed by atoms with Crippen molar-refractivity contribution in [1.82, 2.24) is 10.2 Å². The average molecular weight is 406 g/mol. The molecule has 2 aromatic rings. The van der Waals surface area contributed by atoms with Gasteiger partial charge in [0.15, 0.2) is 0 Å². The van der Waals surface area contributed by atoms with E-state index in [0.29, 0.717) is 37.2 Å². The molecule has 0 aliphatic carbocycles. The second kappa shape index (κ2) is 8.55. The minimum absolute atomic E-state index is 0.0683. The molecule has 1 heterocycles. The van der Waals surface area contributed by atoms with E-state index in [4.69, 9.17) is 4.74 Å². The molecular weight excluding hydrogens is 385 g/mol. The molecule has 0 unspecified atom stereocenters. The summed E-state index contributed by atoms with van der Waals surface area (Å²) < 4.78 is 43.0. The number of likely N-dealkylation sites (tertiary alicyclic amines) is 1. The smallest absolute Gasteiger partial charge is 0.416 e. The largest absolute Gasteiger partial charge is 0.497 e. The number of carbonyl (C=O) groups excluding carboxylic acids is 2. The van der Waals surface area contributed by atoms with Crippen LogP contribution in [0.5, 0.6) is 5.75 Å². The van der Waals surface area contributed by atoms with Crippen LogP contribution in [0.25, 0.3) is 0 Å². The number of ether oxygens (including phenoxy) is 1. The summed E-state index contributed by atoms with van der Waals surface area (Å²) in [6, 6.07) is 10.9. The monoisotopic (exact) mass is 406 g/mol. The lowest BCUT2D eigenvalue weighted by Crippen LogP contribution is -2.46. The molecule has 5 nitrogen and oxygen atoms in total. The van der Waals surface area contributed by atoms with Gasteiger partial charge in [-0.2, -0.15) is 13.2 Å². The molecule has 0 bridgehead atoms. The van der Waals surface area contributed by atoms with Gasteiger partial charge in [-0.05, 0) is 61.4 Å². The predicted molar refractivity (Wildman–Crippen MR) is 101 cm³/mol. The lowest BCUT2D eigenvalue weighted by Gasteiger charge is -2.32. The number of nitrogens with zero attached hydrogens (tertiary/aromatic N) is 1. The highest BCUT2D eigenvalue weighted by Gasteiger charge is 2.31. The van der Waals surface area contributed by atoms with Gasteiger partial charge in [-0.25, -0.2) is 0 Å². The molecule has 1 saturated heterocycles. The van der Waals surface area contributed by atoms with E-state index in [1.807, 2.05) is 0 Å². The maximum absolute atomic E-state index is 12.6. The number of carbonyl (C=O) groups is 2. The fourth-order valence-electron chi connectivity index (χ4n) is 3.22.